The first kappa shape index (κ1) is 15.5. The van der Waals surface area contributed by atoms with Gasteiger partial charge in [-0.05, 0) is 50.2 Å². The zero-order valence-electron chi connectivity index (χ0n) is 13.4. The third-order valence-electron chi connectivity index (χ3n) is 3.59. The predicted octanol–water partition coefficient (Wildman–Crippen LogP) is 4.70. The molecule has 0 bridgehead atoms. The Kier molecular flexibility index (Phi) is 4.57. The number of aromatic nitrogens is 2. The third-order valence-corrected chi connectivity index (χ3v) is 4.98. The maximum absolute atomic E-state index is 5.20. The number of benzene rings is 1. The SMILES string of the molecule is COc1ccc(-c2nc(C)c(C(C)Nc3ccccn3)s2)cc1. The first-order valence-corrected chi connectivity index (χ1v) is 8.28. The first-order valence-electron chi connectivity index (χ1n) is 7.46. The van der Waals surface area contributed by atoms with E-state index >= 15 is 0 Å². The Morgan fingerprint density at radius 3 is 2.57 bits per heavy atom. The summed E-state index contributed by atoms with van der Waals surface area (Å²) in [6.07, 6.45) is 1.79. The number of hydrogen-bond acceptors (Lipinski definition) is 5. The fourth-order valence-electron chi connectivity index (χ4n) is 2.40. The Hall–Kier alpha value is -2.40. The maximum Gasteiger partial charge on any atom is 0.126 e. The number of nitrogens with zero attached hydrogens (tertiary/aromatic N) is 2. The van der Waals surface area contributed by atoms with Crippen LogP contribution >= 0.6 is 11.3 Å². The molecule has 23 heavy (non-hydrogen) atoms. The average Bonchev–Trinajstić information content (AvgIpc) is 2.98. The molecule has 0 aliphatic carbocycles. The number of hydrogen-bond donors (Lipinski definition) is 1. The molecule has 0 amide bonds. The molecule has 4 nitrogen and oxygen atoms in total. The van der Waals surface area contributed by atoms with Crippen molar-refractivity contribution in [1.29, 1.82) is 0 Å². The zero-order chi connectivity index (χ0) is 16.2. The number of thiazole rings is 1. The normalized spacial score (nSPS) is 12.0. The summed E-state index contributed by atoms with van der Waals surface area (Å²) in [5, 5.41) is 4.44. The van der Waals surface area contributed by atoms with Crippen molar-refractivity contribution in [3.8, 4) is 16.3 Å². The van der Waals surface area contributed by atoms with Crippen molar-refractivity contribution < 1.29 is 4.74 Å². The van der Waals surface area contributed by atoms with E-state index in [4.69, 9.17) is 9.72 Å². The standard InChI is InChI=1S/C18H19N3OS/c1-12(20-16-6-4-5-11-19-16)17-13(2)21-18(23-17)14-7-9-15(22-3)10-8-14/h4-12H,1-3H3,(H,19,20). The van der Waals surface area contributed by atoms with Crippen molar-refractivity contribution in [3.63, 3.8) is 0 Å². The van der Waals surface area contributed by atoms with Gasteiger partial charge in [-0.25, -0.2) is 9.97 Å². The summed E-state index contributed by atoms with van der Waals surface area (Å²) < 4.78 is 5.20. The van der Waals surface area contributed by atoms with Gasteiger partial charge < -0.3 is 10.1 Å². The van der Waals surface area contributed by atoms with Crippen LogP contribution in [0.2, 0.25) is 0 Å². The molecule has 2 aromatic heterocycles. The summed E-state index contributed by atoms with van der Waals surface area (Å²) in [6.45, 7) is 4.18. The molecule has 0 fully saturated rings. The Bertz CT molecular complexity index is 769. The number of aryl methyl sites for hydroxylation is 1. The van der Waals surface area contributed by atoms with Gasteiger partial charge in [-0.15, -0.1) is 11.3 Å². The van der Waals surface area contributed by atoms with Crippen LogP contribution < -0.4 is 10.1 Å². The Morgan fingerprint density at radius 1 is 1.13 bits per heavy atom. The number of rotatable bonds is 5. The van der Waals surface area contributed by atoms with Gasteiger partial charge in [0.25, 0.3) is 0 Å². The zero-order valence-corrected chi connectivity index (χ0v) is 14.2. The fraction of sp³-hybridized carbons (Fsp3) is 0.222. The largest absolute Gasteiger partial charge is 0.497 e. The van der Waals surface area contributed by atoms with Crippen LogP contribution in [0.3, 0.4) is 0 Å². The second-order valence-corrected chi connectivity index (χ2v) is 6.31. The lowest BCUT2D eigenvalue weighted by atomic mass is 10.2. The highest BCUT2D eigenvalue weighted by atomic mass is 32.1. The van der Waals surface area contributed by atoms with Gasteiger partial charge in [-0.3, -0.25) is 0 Å². The maximum atomic E-state index is 5.20. The van der Waals surface area contributed by atoms with E-state index in [9.17, 15) is 0 Å². The Labute approximate surface area is 140 Å². The molecule has 0 spiro atoms. The first-order chi connectivity index (χ1) is 11.2. The van der Waals surface area contributed by atoms with E-state index < -0.39 is 0 Å². The van der Waals surface area contributed by atoms with Crippen LogP contribution in [0.5, 0.6) is 5.75 Å². The van der Waals surface area contributed by atoms with E-state index in [-0.39, 0.29) is 6.04 Å². The molecule has 0 aliphatic rings. The van der Waals surface area contributed by atoms with Crippen LogP contribution in [0.1, 0.15) is 23.5 Å². The highest BCUT2D eigenvalue weighted by Gasteiger charge is 2.15. The highest BCUT2D eigenvalue weighted by molar-refractivity contribution is 7.15. The molecule has 118 valence electrons. The lowest BCUT2D eigenvalue weighted by molar-refractivity contribution is 0.415. The molecule has 2 heterocycles. The lowest BCUT2D eigenvalue weighted by Gasteiger charge is -2.13. The number of methoxy groups -OCH3 is 1. The number of nitrogens with one attached hydrogen (secondary N) is 1. The Morgan fingerprint density at radius 2 is 1.91 bits per heavy atom. The van der Waals surface area contributed by atoms with Crippen LogP contribution in [-0.4, -0.2) is 17.1 Å². The third kappa shape index (κ3) is 3.51. The second-order valence-electron chi connectivity index (χ2n) is 5.28. The molecule has 0 aliphatic heterocycles. The molecule has 1 N–H and O–H groups in total. The topological polar surface area (TPSA) is 47.0 Å². The quantitative estimate of drug-likeness (QED) is 0.739. The van der Waals surface area contributed by atoms with Crippen molar-refractivity contribution >= 4 is 17.2 Å². The molecule has 0 radical (unpaired) electrons. The lowest BCUT2D eigenvalue weighted by Crippen LogP contribution is -2.07. The van der Waals surface area contributed by atoms with E-state index in [0.29, 0.717) is 0 Å². The molecule has 1 atom stereocenters. The molecule has 5 heteroatoms. The van der Waals surface area contributed by atoms with E-state index in [1.165, 1.54) is 4.88 Å². The van der Waals surface area contributed by atoms with Gasteiger partial charge >= 0.3 is 0 Å². The summed E-state index contributed by atoms with van der Waals surface area (Å²) in [6, 6.07) is 14.0. The second kappa shape index (κ2) is 6.79. The molecule has 1 aromatic carbocycles. The van der Waals surface area contributed by atoms with E-state index in [1.54, 1.807) is 24.6 Å². The van der Waals surface area contributed by atoms with Crippen LogP contribution in [0.25, 0.3) is 10.6 Å². The van der Waals surface area contributed by atoms with Crippen LogP contribution in [0.15, 0.2) is 48.7 Å². The van der Waals surface area contributed by atoms with Crippen molar-refractivity contribution in [1.82, 2.24) is 9.97 Å². The monoisotopic (exact) mass is 325 g/mol. The summed E-state index contributed by atoms with van der Waals surface area (Å²) in [7, 11) is 1.67. The fourth-order valence-corrected chi connectivity index (χ4v) is 3.48. The van der Waals surface area contributed by atoms with Crippen molar-refractivity contribution in [2.45, 2.75) is 19.9 Å². The van der Waals surface area contributed by atoms with Gasteiger partial charge in [0, 0.05) is 16.6 Å². The van der Waals surface area contributed by atoms with Gasteiger partial charge in [0.15, 0.2) is 0 Å². The van der Waals surface area contributed by atoms with Gasteiger partial charge in [0.2, 0.25) is 0 Å². The number of pyridine rings is 1. The van der Waals surface area contributed by atoms with Gasteiger partial charge in [0.05, 0.1) is 18.8 Å². The number of anilines is 1. The minimum Gasteiger partial charge on any atom is -0.497 e. The van der Waals surface area contributed by atoms with E-state index in [1.807, 2.05) is 42.5 Å². The number of ether oxygens (including phenoxy) is 1. The minimum absolute atomic E-state index is 0.161. The molecule has 1 unspecified atom stereocenters. The average molecular weight is 325 g/mol. The van der Waals surface area contributed by atoms with Gasteiger partial charge in [0.1, 0.15) is 16.6 Å². The molecule has 3 rings (SSSR count). The molecule has 0 saturated heterocycles. The van der Waals surface area contributed by atoms with Crippen molar-refractivity contribution in [3.05, 3.63) is 59.2 Å². The van der Waals surface area contributed by atoms with E-state index in [2.05, 4.69) is 24.1 Å². The van der Waals surface area contributed by atoms with Gasteiger partial charge in [-0.1, -0.05) is 6.07 Å². The predicted molar refractivity (Wildman–Crippen MR) is 95.1 cm³/mol. The molecular formula is C18H19N3OS. The Balaban J connectivity index is 1.82. The molecular weight excluding hydrogens is 306 g/mol. The van der Waals surface area contributed by atoms with E-state index in [0.717, 1.165) is 27.8 Å². The molecule has 0 saturated carbocycles. The summed E-state index contributed by atoms with van der Waals surface area (Å²) in [5.74, 6) is 1.73. The van der Waals surface area contributed by atoms with Crippen LogP contribution in [0, 0.1) is 6.92 Å². The van der Waals surface area contributed by atoms with Crippen molar-refractivity contribution in [2.75, 3.05) is 12.4 Å². The smallest absolute Gasteiger partial charge is 0.126 e. The van der Waals surface area contributed by atoms with Crippen LogP contribution in [0.4, 0.5) is 5.82 Å². The molecule has 3 aromatic rings. The summed E-state index contributed by atoms with van der Waals surface area (Å²) in [5.41, 5.74) is 2.16. The minimum atomic E-state index is 0.161. The van der Waals surface area contributed by atoms with Crippen LogP contribution in [-0.2, 0) is 0 Å². The van der Waals surface area contributed by atoms with Gasteiger partial charge in [-0.2, -0.15) is 0 Å². The van der Waals surface area contributed by atoms with Crippen molar-refractivity contribution in [2.24, 2.45) is 0 Å². The highest BCUT2D eigenvalue weighted by Crippen LogP contribution is 2.33. The summed E-state index contributed by atoms with van der Waals surface area (Å²) >= 11 is 1.71. The summed E-state index contributed by atoms with van der Waals surface area (Å²) in [4.78, 5) is 10.3.